The van der Waals surface area contributed by atoms with Crippen molar-refractivity contribution in [3.05, 3.63) is 29.8 Å². The summed E-state index contributed by atoms with van der Waals surface area (Å²) >= 11 is 0. The van der Waals surface area contributed by atoms with Gasteiger partial charge in [-0.05, 0) is 55.9 Å². The fourth-order valence-electron chi connectivity index (χ4n) is 3.00. The molecule has 3 nitrogen and oxygen atoms in total. The number of ether oxygens (including phenoxy) is 1. The number of nitrogens with zero attached hydrogens (tertiary/aromatic N) is 1. The second-order valence-electron chi connectivity index (χ2n) is 5.81. The van der Waals surface area contributed by atoms with Gasteiger partial charge in [0.25, 0.3) is 0 Å². The molecule has 1 aliphatic rings. The number of hydrogen-bond donors (Lipinski definition) is 0. The van der Waals surface area contributed by atoms with Crippen molar-refractivity contribution in [1.29, 1.82) is 5.26 Å². The van der Waals surface area contributed by atoms with Crippen molar-refractivity contribution in [1.82, 2.24) is 0 Å². The lowest BCUT2D eigenvalue weighted by Gasteiger charge is -2.26. The van der Waals surface area contributed by atoms with E-state index in [9.17, 15) is 4.79 Å². The van der Waals surface area contributed by atoms with Crippen LogP contribution in [0, 0.1) is 35.0 Å². The first-order valence-corrected chi connectivity index (χ1v) is 7.94. The zero-order valence-electron chi connectivity index (χ0n) is 13.0. The Morgan fingerprint density at radius 3 is 2.50 bits per heavy atom. The van der Waals surface area contributed by atoms with Crippen LogP contribution in [0.15, 0.2) is 24.3 Å². The van der Waals surface area contributed by atoms with E-state index in [0.717, 1.165) is 37.2 Å². The van der Waals surface area contributed by atoms with E-state index in [1.54, 1.807) is 30.3 Å². The topological polar surface area (TPSA) is 50.1 Å². The van der Waals surface area contributed by atoms with Crippen LogP contribution in [-0.2, 0) is 4.79 Å². The van der Waals surface area contributed by atoms with E-state index in [0.29, 0.717) is 5.75 Å². The molecule has 0 radical (unpaired) electrons. The lowest BCUT2D eigenvalue weighted by Crippen LogP contribution is -2.25. The molecule has 0 spiro atoms. The SMILES string of the molecule is CCC[C@H]1CC[C@H](C(=O)Oc2ccc(C#CC#N)cc2)CC1. The number of esters is 1. The Kier molecular flexibility index (Phi) is 6.04. The molecule has 0 aliphatic heterocycles. The number of hydrogen-bond acceptors (Lipinski definition) is 3. The number of rotatable bonds is 4. The Morgan fingerprint density at radius 2 is 1.91 bits per heavy atom. The summed E-state index contributed by atoms with van der Waals surface area (Å²) in [5.74, 6) is 6.28. The minimum Gasteiger partial charge on any atom is -0.426 e. The van der Waals surface area contributed by atoms with Gasteiger partial charge in [-0.1, -0.05) is 25.7 Å². The molecule has 0 heterocycles. The van der Waals surface area contributed by atoms with Crippen LogP contribution in [0.5, 0.6) is 5.75 Å². The molecule has 0 amide bonds. The van der Waals surface area contributed by atoms with E-state index in [1.165, 1.54) is 12.8 Å². The van der Waals surface area contributed by atoms with Crippen LogP contribution >= 0.6 is 0 Å². The maximum absolute atomic E-state index is 12.2. The molecule has 22 heavy (non-hydrogen) atoms. The fraction of sp³-hybridized carbons (Fsp3) is 0.474. The van der Waals surface area contributed by atoms with E-state index >= 15 is 0 Å². The smallest absolute Gasteiger partial charge is 0.314 e. The van der Waals surface area contributed by atoms with Crippen molar-refractivity contribution in [2.45, 2.75) is 45.4 Å². The Hall–Kier alpha value is -2.26. The first-order valence-electron chi connectivity index (χ1n) is 7.94. The van der Waals surface area contributed by atoms with Crippen LogP contribution in [-0.4, -0.2) is 5.97 Å². The van der Waals surface area contributed by atoms with E-state index in [4.69, 9.17) is 10.00 Å². The van der Waals surface area contributed by atoms with Crippen LogP contribution in [0.2, 0.25) is 0 Å². The summed E-state index contributed by atoms with van der Waals surface area (Å²) in [5.41, 5.74) is 0.737. The van der Waals surface area contributed by atoms with Gasteiger partial charge in [-0.15, -0.1) is 0 Å². The van der Waals surface area contributed by atoms with Gasteiger partial charge in [0.1, 0.15) is 5.75 Å². The van der Waals surface area contributed by atoms with Crippen molar-refractivity contribution in [2.75, 3.05) is 0 Å². The zero-order valence-corrected chi connectivity index (χ0v) is 13.0. The molecule has 1 aromatic carbocycles. The third kappa shape index (κ3) is 4.64. The lowest BCUT2D eigenvalue weighted by atomic mass is 9.80. The predicted octanol–water partition coefficient (Wildman–Crippen LogP) is 4.07. The second kappa shape index (κ2) is 8.25. The maximum atomic E-state index is 12.2. The van der Waals surface area contributed by atoms with Crippen LogP contribution in [0.4, 0.5) is 0 Å². The third-order valence-electron chi connectivity index (χ3n) is 4.21. The summed E-state index contributed by atoms with van der Waals surface area (Å²) in [7, 11) is 0. The lowest BCUT2D eigenvalue weighted by molar-refractivity contribution is -0.140. The molecule has 1 aromatic rings. The van der Waals surface area contributed by atoms with Gasteiger partial charge in [0.15, 0.2) is 6.07 Å². The Labute approximate surface area is 132 Å². The molecule has 0 saturated heterocycles. The summed E-state index contributed by atoms with van der Waals surface area (Å²) in [5, 5.41) is 8.40. The summed E-state index contributed by atoms with van der Waals surface area (Å²) in [6, 6.07) is 8.73. The van der Waals surface area contributed by atoms with Gasteiger partial charge in [-0.3, -0.25) is 4.79 Å². The van der Waals surface area contributed by atoms with Crippen molar-refractivity contribution in [3.63, 3.8) is 0 Å². The average molecular weight is 295 g/mol. The molecule has 1 saturated carbocycles. The highest BCUT2D eigenvalue weighted by Crippen LogP contribution is 2.32. The standard InChI is InChI=1S/C19H21NO2/c1-2-4-15-6-10-17(11-7-15)19(21)22-18-12-8-16(9-13-18)5-3-14-20/h8-9,12-13,15,17H,2,4,6-7,10-11H2,1H3/t15-,17-. The highest BCUT2D eigenvalue weighted by Gasteiger charge is 2.27. The van der Waals surface area contributed by atoms with Crippen molar-refractivity contribution in [3.8, 4) is 23.7 Å². The summed E-state index contributed by atoms with van der Waals surface area (Å²) in [4.78, 5) is 12.2. The normalized spacial score (nSPS) is 20.4. The van der Waals surface area contributed by atoms with Gasteiger partial charge in [0.2, 0.25) is 0 Å². The monoisotopic (exact) mass is 295 g/mol. The molecular weight excluding hydrogens is 274 g/mol. The molecule has 0 bridgehead atoms. The molecule has 0 aromatic heterocycles. The number of nitriles is 1. The van der Waals surface area contributed by atoms with Gasteiger partial charge in [0.05, 0.1) is 5.92 Å². The predicted molar refractivity (Wildman–Crippen MR) is 84.9 cm³/mol. The zero-order chi connectivity index (χ0) is 15.8. The van der Waals surface area contributed by atoms with Gasteiger partial charge < -0.3 is 4.74 Å². The number of carbonyl (C=O) groups is 1. The highest BCUT2D eigenvalue weighted by molar-refractivity contribution is 5.75. The Morgan fingerprint density at radius 1 is 1.23 bits per heavy atom. The van der Waals surface area contributed by atoms with E-state index in [2.05, 4.69) is 18.8 Å². The van der Waals surface area contributed by atoms with Gasteiger partial charge in [-0.2, -0.15) is 5.26 Å². The van der Waals surface area contributed by atoms with Crippen LogP contribution in [0.3, 0.4) is 0 Å². The Balaban J connectivity index is 1.86. The van der Waals surface area contributed by atoms with Gasteiger partial charge in [-0.25, -0.2) is 0 Å². The number of carbonyl (C=O) groups excluding carboxylic acids is 1. The second-order valence-corrected chi connectivity index (χ2v) is 5.81. The van der Waals surface area contributed by atoms with E-state index in [-0.39, 0.29) is 11.9 Å². The third-order valence-corrected chi connectivity index (χ3v) is 4.21. The van der Waals surface area contributed by atoms with E-state index < -0.39 is 0 Å². The first-order chi connectivity index (χ1) is 10.7. The Bertz CT molecular complexity index is 593. The van der Waals surface area contributed by atoms with Crippen LogP contribution in [0.1, 0.15) is 51.0 Å². The van der Waals surface area contributed by atoms with Crippen molar-refractivity contribution < 1.29 is 9.53 Å². The summed E-state index contributed by atoms with van der Waals surface area (Å²) in [6.45, 7) is 2.21. The molecular formula is C19H21NO2. The van der Waals surface area contributed by atoms with E-state index in [1.807, 2.05) is 0 Å². The summed E-state index contributed by atoms with van der Waals surface area (Å²) < 4.78 is 5.46. The van der Waals surface area contributed by atoms with Crippen LogP contribution in [0.25, 0.3) is 0 Å². The minimum absolute atomic E-state index is 0.0335. The first kappa shape index (κ1) is 16.1. The molecule has 1 fully saturated rings. The van der Waals surface area contributed by atoms with Crippen molar-refractivity contribution >= 4 is 5.97 Å². The fourth-order valence-corrected chi connectivity index (χ4v) is 3.00. The molecule has 3 heteroatoms. The largest absolute Gasteiger partial charge is 0.426 e. The highest BCUT2D eigenvalue weighted by atomic mass is 16.5. The molecule has 2 rings (SSSR count). The number of benzene rings is 1. The van der Waals surface area contributed by atoms with Crippen LogP contribution < -0.4 is 4.74 Å². The minimum atomic E-state index is -0.120. The van der Waals surface area contributed by atoms with Crippen molar-refractivity contribution in [2.24, 2.45) is 11.8 Å². The molecule has 1 aliphatic carbocycles. The molecule has 0 N–H and O–H groups in total. The average Bonchev–Trinajstić information content (AvgIpc) is 2.55. The molecule has 114 valence electrons. The maximum Gasteiger partial charge on any atom is 0.314 e. The van der Waals surface area contributed by atoms with Gasteiger partial charge >= 0.3 is 5.97 Å². The quantitative estimate of drug-likeness (QED) is 0.478. The summed E-state index contributed by atoms with van der Waals surface area (Å²) in [6.07, 6.45) is 6.64. The molecule has 0 unspecified atom stereocenters. The molecule has 0 atom stereocenters. The van der Waals surface area contributed by atoms with Gasteiger partial charge in [0, 0.05) is 11.5 Å².